The number of para-hydroxylation sites is 1. The van der Waals surface area contributed by atoms with Crippen LogP contribution in [-0.4, -0.2) is 35.1 Å². The number of pyridine rings is 2. The van der Waals surface area contributed by atoms with Gasteiger partial charge in [0.2, 0.25) is 5.82 Å². The fraction of sp³-hybridized carbons (Fsp3) is 0.0909. The van der Waals surface area contributed by atoms with Crippen molar-refractivity contribution in [2.45, 2.75) is 12.8 Å². The maximum Gasteiger partial charge on any atom is 0.286 e. The smallest absolute Gasteiger partial charge is 0.286 e. The summed E-state index contributed by atoms with van der Waals surface area (Å²) < 4.78 is 48.1. The Labute approximate surface area is 184 Å². The summed E-state index contributed by atoms with van der Waals surface area (Å²) in [6.45, 7) is 0.765. The molecule has 164 valence electrons. The summed E-state index contributed by atoms with van der Waals surface area (Å²) in [5.41, 5.74) is 1.46. The molecular weight excluding hydrogens is 435 g/mol. The zero-order chi connectivity index (χ0) is 23.0. The van der Waals surface area contributed by atoms with E-state index in [1.165, 1.54) is 29.1 Å². The Bertz CT molecular complexity index is 1410. The van der Waals surface area contributed by atoms with Gasteiger partial charge in [0, 0.05) is 36.6 Å². The first-order valence-electron chi connectivity index (χ1n) is 9.71. The SMILES string of the molecule is CC(F)(F)c1ccc(-c2noc(-c3nnn(-c4ccccc4F)c3-c3ccncc3)n2)cn1. The van der Waals surface area contributed by atoms with E-state index in [1.807, 2.05) is 0 Å². The van der Waals surface area contributed by atoms with E-state index < -0.39 is 11.7 Å². The van der Waals surface area contributed by atoms with Gasteiger partial charge in [-0.25, -0.2) is 9.07 Å². The van der Waals surface area contributed by atoms with Crippen LogP contribution in [0.1, 0.15) is 12.6 Å². The van der Waals surface area contributed by atoms with E-state index in [4.69, 9.17) is 4.52 Å². The van der Waals surface area contributed by atoms with Gasteiger partial charge >= 0.3 is 0 Å². The second-order valence-corrected chi connectivity index (χ2v) is 7.13. The quantitative estimate of drug-likeness (QED) is 0.384. The maximum absolute atomic E-state index is 14.5. The summed E-state index contributed by atoms with van der Waals surface area (Å²) in [4.78, 5) is 12.1. The molecule has 0 N–H and O–H groups in total. The Balaban J connectivity index is 1.60. The van der Waals surface area contributed by atoms with Crippen LogP contribution in [0.2, 0.25) is 0 Å². The van der Waals surface area contributed by atoms with E-state index in [0.29, 0.717) is 16.8 Å². The molecule has 0 aliphatic heterocycles. The van der Waals surface area contributed by atoms with Crippen molar-refractivity contribution in [1.29, 1.82) is 0 Å². The molecule has 11 heteroatoms. The Hall–Kier alpha value is -4.41. The average Bonchev–Trinajstić information content (AvgIpc) is 3.47. The Morgan fingerprint density at radius 3 is 2.45 bits per heavy atom. The molecule has 4 heterocycles. The van der Waals surface area contributed by atoms with Crippen LogP contribution < -0.4 is 0 Å². The topological polar surface area (TPSA) is 95.4 Å². The minimum Gasteiger partial charge on any atom is -0.332 e. The maximum atomic E-state index is 14.5. The van der Waals surface area contributed by atoms with E-state index in [9.17, 15) is 13.2 Å². The molecule has 1 aromatic carbocycles. The van der Waals surface area contributed by atoms with Gasteiger partial charge in [0.1, 0.15) is 22.9 Å². The third kappa shape index (κ3) is 3.84. The molecular formula is C22H14F3N7O. The molecule has 0 spiro atoms. The largest absolute Gasteiger partial charge is 0.332 e. The zero-order valence-corrected chi connectivity index (χ0v) is 17.0. The number of halogens is 3. The number of rotatable bonds is 5. The van der Waals surface area contributed by atoms with E-state index in [-0.39, 0.29) is 28.8 Å². The van der Waals surface area contributed by atoms with Gasteiger partial charge in [-0.3, -0.25) is 9.97 Å². The molecule has 0 atom stereocenters. The highest BCUT2D eigenvalue weighted by atomic mass is 19.3. The van der Waals surface area contributed by atoms with Gasteiger partial charge in [-0.2, -0.15) is 13.8 Å². The number of hydrogen-bond donors (Lipinski definition) is 0. The van der Waals surface area contributed by atoms with E-state index in [0.717, 1.165) is 6.92 Å². The summed E-state index contributed by atoms with van der Waals surface area (Å²) in [5.74, 6) is -3.41. The Kier molecular flexibility index (Phi) is 4.93. The van der Waals surface area contributed by atoms with Gasteiger partial charge in [-0.15, -0.1) is 5.10 Å². The van der Waals surface area contributed by atoms with Crippen LogP contribution in [0.3, 0.4) is 0 Å². The van der Waals surface area contributed by atoms with Crippen LogP contribution >= 0.6 is 0 Å². The number of aromatic nitrogens is 7. The normalized spacial score (nSPS) is 11.6. The highest BCUT2D eigenvalue weighted by molar-refractivity contribution is 5.75. The molecule has 0 radical (unpaired) electrons. The molecule has 4 aromatic heterocycles. The van der Waals surface area contributed by atoms with Crippen LogP contribution in [-0.2, 0) is 5.92 Å². The molecule has 0 aliphatic carbocycles. The molecule has 5 aromatic rings. The van der Waals surface area contributed by atoms with Crippen LogP contribution in [0, 0.1) is 5.82 Å². The van der Waals surface area contributed by atoms with Crippen LogP contribution in [0.4, 0.5) is 13.2 Å². The molecule has 0 amide bonds. The second-order valence-electron chi connectivity index (χ2n) is 7.13. The fourth-order valence-electron chi connectivity index (χ4n) is 3.21. The van der Waals surface area contributed by atoms with Gasteiger partial charge in [-0.05, 0) is 36.4 Å². The van der Waals surface area contributed by atoms with Crippen molar-refractivity contribution in [3.05, 3.63) is 78.6 Å². The van der Waals surface area contributed by atoms with Crippen molar-refractivity contribution in [3.8, 4) is 39.9 Å². The van der Waals surface area contributed by atoms with E-state index in [2.05, 4.69) is 30.4 Å². The molecule has 8 nitrogen and oxygen atoms in total. The highest BCUT2D eigenvalue weighted by Gasteiger charge is 2.27. The number of alkyl halides is 2. The minimum atomic E-state index is -3.06. The third-order valence-electron chi connectivity index (χ3n) is 4.80. The molecule has 0 fully saturated rings. The molecule has 0 unspecified atom stereocenters. The van der Waals surface area contributed by atoms with Crippen LogP contribution in [0.15, 0.2) is 71.6 Å². The fourth-order valence-corrected chi connectivity index (χ4v) is 3.21. The molecule has 33 heavy (non-hydrogen) atoms. The predicted octanol–water partition coefficient (Wildman–Crippen LogP) is 4.69. The van der Waals surface area contributed by atoms with Crippen molar-refractivity contribution in [1.82, 2.24) is 35.1 Å². The standard InChI is InChI=1S/C22H14F3N7O/c1-22(24,25)17-7-6-14(12-27-17)20-28-21(33-30-20)18-19(13-8-10-26-11-9-13)32(31-29-18)16-5-3-2-4-15(16)23/h2-12H,1H3. The molecule has 0 bridgehead atoms. The average molecular weight is 449 g/mol. The monoisotopic (exact) mass is 449 g/mol. The van der Waals surface area contributed by atoms with Crippen molar-refractivity contribution in [2.75, 3.05) is 0 Å². The molecule has 0 aliphatic rings. The molecule has 0 saturated heterocycles. The van der Waals surface area contributed by atoms with Gasteiger partial charge < -0.3 is 4.52 Å². The molecule has 0 saturated carbocycles. The van der Waals surface area contributed by atoms with Gasteiger partial charge in [0.15, 0.2) is 5.69 Å². The predicted molar refractivity (Wildman–Crippen MR) is 111 cm³/mol. The van der Waals surface area contributed by atoms with Crippen LogP contribution in [0.5, 0.6) is 0 Å². The highest BCUT2D eigenvalue weighted by Crippen LogP contribution is 2.33. The summed E-state index contributed by atoms with van der Waals surface area (Å²) in [6, 6.07) is 12.2. The third-order valence-corrected chi connectivity index (χ3v) is 4.80. The summed E-state index contributed by atoms with van der Waals surface area (Å²) in [7, 11) is 0. The first-order valence-corrected chi connectivity index (χ1v) is 9.71. The van der Waals surface area contributed by atoms with Crippen molar-refractivity contribution in [3.63, 3.8) is 0 Å². The van der Waals surface area contributed by atoms with Crippen LogP contribution in [0.25, 0.3) is 39.9 Å². The lowest BCUT2D eigenvalue weighted by Crippen LogP contribution is -2.09. The number of benzene rings is 1. The van der Waals surface area contributed by atoms with Gasteiger partial charge in [0.05, 0.1) is 0 Å². The minimum absolute atomic E-state index is 0.0179. The summed E-state index contributed by atoms with van der Waals surface area (Å²) in [5, 5.41) is 12.2. The lowest BCUT2D eigenvalue weighted by molar-refractivity contribution is 0.0128. The molecule has 5 rings (SSSR count). The number of hydrogen-bond acceptors (Lipinski definition) is 7. The van der Waals surface area contributed by atoms with E-state index in [1.54, 1.807) is 42.7 Å². The second kappa shape index (κ2) is 7.93. The Morgan fingerprint density at radius 2 is 1.76 bits per heavy atom. The Morgan fingerprint density at radius 1 is 0.970 bits per heavy atom. The van der Waals surface area contributed by atoms with Gasteiger partial charge in [0.25, 0.3) is 11.8 Å². The first-order chi connectivity index (χ1) is 15.9. The summed E-state index contributed by atoms with van der Waals surface area (Å²) in [6.07, 6.45) is 4.39. The summed E-state index contributed by atoms with van der Waals surface area (Å²) >= 11 is 0. The van der Waals surface area contributed by atoms with Crippen molar-refractivity contribution < 1.29 is 17.7 Å². The van der Waals surface area contributed by atoms with Crippen molar-refractivity contribution in [2.24, 2.45) is 0 Å². The zero-order valence-electron chi connectivity index (χ0n) is 17.0. The van der Waals surface area contributed by atoms with Crippen molar-refractivity contribution >= 4 is 0 Å². The number of nitrogens with zero attached hydrogens (tertiary/aromatic N) is 7. The lowest BCUT2D eigenvalue weighted by Gasteiger charge is -2.08. The first kappa shape index (κ1) is 20.5. The van der Waals surface area contributed by atoms with E-state index >= 15 is 0 Å². The van der Waals surface area contributed by atoms with Gasteiger partial charge in [-0.1, -0.05) is 22.5 Å². The lowest BCUT2D eigenvalue weighted by atomic mass is 10.1.